The van der Waals surface area contributed by atoms with E-state index in [0.29, 0.717) is 17.9 Å². The molecule has 24 heavy (non-hydrogen) atoms. The van der Waals surface area contributed by atoms with Gasteiger partial charge in [-0.05, 0) is 24.1 Å². The molecule has 0 saturated carbocycles. The molecule has 1 aromatic heterocycles. The molecule has 3 aromatic rings. The Kier molecular flexibility index (Phi) is 3.65. The topological polar surface area (TPSA) is 52.3 Å². The Morgan fingerprint density at radius 2 is 2.00 bits per heavy atom. The van der Waals surface area contributed by atoms with E-state index in [2.05, 4.69) is 36.3 Å². The first-order chi connectivity index (χ1) is 11.8. The minimum absolute atomic E-state index is 0.389. The maximum absolute atomic E-state index is 10.9. The lowest BCUT2D eigenvalue weighted by molar-refractivity contribution is 0.112. The number of hydrogen-bond donors (Lipinski definition) is 0. The summed E-state index contributed by atoms with van der Waals surface area (Å²) in [5.41, 5.74) is 5.51. The second-order valence-corrected chi connectivity index (χ2v) is 5.95. The van der Waals surface area contributed by atoms with Gasteiger partial charge in [-0.2, -0.15) is 0 Å². The molecule has 0 radical (unpaired) electrons. The van der Waals surface area contributed by atoms with E-state index in [9.17, 15) is 4.79 Å². The SMILES string of the molecule is CCCc1ccc(-c2onc3c2COc2cc(C=O)ccc2-3)cc1. The van der Waals surface area contributed by atoms with Crippen LogP contribution in [0.1, 0.15) is 34.8 Å². The van der Waals surface area contributed by atoms with Gasteiger partial charge in [0.2, 0.25) is 0 Å². The molecule has 0 amide bonds. The van der Waals surface area contributed by atoms with E-state index in [-0.39, 0.29) is 0 Å². The van der Waals surface area contributed by atoms with Gasteiger partial charge in [0.05, 0.1) is 5.56 Å². The standard InChI is InChI=1S/C20H17NO3/c1-2-3-13-4-7-15(8-5-13)20-17-12-23-18-10-14(11-22)6-9-16(18)19(17)21-24-20/h4-11H,2-3,12H2,1H3. The molecule has 0 unspecified atom stereocenters. The monoisotopic (exact) mass is 319 g/mol. The highest BCUT2D eigenvalue weighted by Gasteiger charge is 2.26. The zero-order valence-corrected chi connectivity index (χ0v) is 13.4. The van der Waals surface area contributed by atoms with Gasteiger partial charge in [-0.25, -0.2) is 0 Å². The van der Waals surface area contributed by atoms with E-state index in [1.807, 2.05) is 6.07 Å². The Balaban J connectivity index is 1.74. The van der Waals surface area contributed by atoms with Crippen LogP contribution in [0.3, 0.4) is 0 Å². The van der Waals surface area contributed by atoms with Gasteiger partial charge in [0, 0.05) is 16.7 Å². The number of aldehydes is 1. The maximum Gasteiger partial charge on any atom is 0.174 e. The fourth-order valence-electron chi connectivity index (χ4n) is 3.07. The summed E-state index contributed by atoms with van der Waals surface area (Å²) in [6, 6.07) is 13.7. The van der Waals surface area contributed by atoms with Crippen LogP contribution in [-0.2, 0) is 13.0 Å². The summed E-state index contributed by atoms with van der Waals surface area (Å²) in [5, 5.41) is 4.25. The van der Waals surface area contributed by atoms with Crippen molar-refractivity contribution in [3.63, 3.8) is 0 Å². The van der Waals surface area contributed by atoms with Crippen molar-refractivity contribution in [3.05, 3.63) is 59.2 Å². The fraction of sp³-hybridized carbons (Fsp3) is 0.200. The van der Waals surface area contributed by atoms with Gasteiger partial charge < -0.3 is 9.26 Å². The fourth-order valence-corrected chi connectivity index (χ4v) is 3.07. The zero-order chi connectivity index (χ0) is 16.5. The first-order valence-corrected chi connectivity index (χ1v) is 8.10. The Morgan fingerprint density at radius 1 is 1.17 bits per heavy atom. The van der Waals surface area contributed by atoms with Gasteiger partial charge in [-0.1, -0.05) is 48.8 Å². The largest absolute Gasteiger partial charge is 0.488 e. The lowest BCUT2D eigenvalue weighted by atomic mass is 9.98. The number of benzene rings is 2. The van der Waals surface area contributed by atoms with E-state index >= 15 is 0 Å². The number of ether oxygens (including phenoxy) is 1. The Hall–Kier alpha value is -2.88. The van der Waals surface area contributed by atoms with Crippen LogP contribution in [0.4, 0.5) is 0 Å². The molecule has 4 heteroatoms. The number of aryl methyl sites for hydroxylation is 1. The minimum Gasteiger partial charge on any atom is -0.488 e. The molecule has 1 aliphatic rings. The molecule has 2 heterocycles. The van der Waals surface area contributed by atoms with E-state index in [1.165, 1.54) is 5.56 Å². The van der Waals surface area contributed by atoms with Gasteiger partial charge in [0.25, 0.3) is 0 Å². The molecule has 0 fully saturated rings. The summed E-state index contributed by atoms with van der Waals surface area (Å²) in [7, 11) is 0. The molecular formula is C20H17NO3. The smallest absolute Gasteiger partial charge is 0.174 e. The highest BCUT2D eigenvalue weighted by molar-refractivity contribution is 5.82. The van der Waals surface area contributed by atoms with Crippen LogP contribution in [0, 0.1) is 0 Å². The highest BCUT2D eigenvalue weighted by Crippen LogP contribution is 2.41. The quantitative estimate of drug-likeness (QED) is 0.656. The van der Waals surface area contributed by atoms with E-state index in [0.717, 1.165) is 47.3 Å². The van der Waals surface area contributed by atoms with Crippen molar-refractivity contribution in [1.29, 1.82) is 0 Å². The first-order valence-electron chi connectivity index (χ1n) is 8.10. The number of carbonyl (C=O) groups excluding carboxylic acids is 1. The number of nitrogens with zero attached hydrogens (tertiary/aromatic N) is 1. The van der Waals surface area contributed by atoms with Crippen molar-refractivity contribution in [2.24, 2.45) is 0 Å². The number of aromatic nitrogens is 1. The number of rotatable bonds is 4. The highest BCUT2D eigenvalue weighted by atomic mass is 16.5. The van der Waals surface area contributed by atoms with Crippen LogP contribution < -0.4 is 4.74 Å². The number of hydrogen-bond acceptors (Lipinski definition) is 4. The van der Waals surface area contributed by atoms with Gasteiger partial charge in [0.1, 0.15) is 24.3 Å². The summed E-state index contributed by atoms with van der Waals surface area (Å²) < 4.78 is 11.4. The van der Waals surface area contributed by atoms with Crippen LogP contribution in [0.15, 0.2) is 47.0 Å². The molecule has 0 aliphatic carbocycles. The van der Waals surface area contributed by atoms with Gasteiger partial charge in [-0.15, -0.1) is 0 Å². The predicted molar refractivity (Wildman–Crippen MR) is 91.1 cm³/mol. The van der Waals surface area contributed by atoms with Crippen LogP contribution in [0.2, 0.25) is 0 Å². The lowest BCUT2D eigenvalue weighted by Crippen LogP contribution is -2.05. The molecule has 0 N–H and O–H groups in total. The summed E-state index contributed by atoms with van der Waals surface area (Å²) in [6.45, 7) is 2.56. The van der Waals surface area contributed by atoms with E-state index in [1.54, 1.807) is 12.1 Å². The van der Waals surface area contributed by atoms with E-state index in [4.69, 9.17) is 9.26 Å². The third kappa shape index (κ3) is 2.40. The summed E-state index contributed by atoms with van der Waals surface area (Å²) >= 11 is 0. The second-order valence-electron chi connectivity index (χ2n) is 5.95. The molecular weight excluding hydrogens is 302 g/mol. The minimum atomic E-state index is 0.389. The predicted octanol–water partition coefficient (Wildman–Crippen LogP) is 4.67. The molecule has 0 saturated heterocycles. The van der Waals surface area contributed by atoms with Crippen LogP contribution >= 0.6 is 0 Å². The van der Waals surface area contributed by atoms with Crippen molar-refractivity contribution in [3.8, 4) is 28.3 Å². The third-order valence-electron chi connectivity index (χ3n) is 4.31. The van der Waals surface area contributed by atoms with Crippen LogP contribution in [0.5, 0.6) is 5.75 Å². The van der Waals surface area contributed by atoms with Crippen LogP contribution in [0.25, 0.3) is 22.6 Å². The second kappa shape index (κ2) is 5.96. The molecule has 1 aliphatic heterocycles. The summed E-state index contributed by atoms with van der Waals surface area (Å²) in [4.78, 5) is 10.9. The molecule has 120 valence electrons. The average Bonchev–Trinajstić information content (AvgIpc) is 3.06. The van der Waals surface area contributed by atoms with Crippen molar-refractivity contribution < 1.29 is 14.1 Å². The normalized spacial score (nSPS) is 12.2. The molecule has 4 rings (SSSR count). The van der Waals surface area contributed by atoms with Gasteiger partial charge >= 0.3 is 0 Å². The van der Waals surface area contributed by atoms with Crippen molar-refractivity contribution in [1.82, 2.24) is 5.16 Å². The number of fused-ring (bicyclic) bond motifs is 3. The van der Waals surface area contributed by atoms with Crippen molar-refractivity contribution >= 4 is 6.29 Å². The summed E-state index contributed by atoms with van der Waals surface area (Å²) in [5.74, 6) is 1.42. The van der Waals surface area contributed by atoms with Crippen molar-refractivity contribution in [2.45, 2.75) is 26.4 Å². The lowest BCUT2D eigenvalue weighted by Gasteiger charge is -2.17. The Labute approximate surface area is 140 Å². The van der Waals surface area contributed by atoms with Gasteiger partial charge in [0.15, 0.2) is 5.76 Å². The Bertz CT molecular complexity index is 894. The Morgan fingerprint density at radius 3 is 2.75 bits per heavy atom. The molecule has 2 aromatic carbocycles. The summed E-state index contributed by atoms with van der Waals surface area (Å²) in [6.07, 6.45) is 3.01. The molecule has 0 spiro atoms. The van der Waals surface area contributed by atoms with E-state index < -0.39 is 0 Å². The van der Waals surface area contributed by atoms with Gasteiger partial charge in [-0.3, -0.25) is 4.79 Å². The number of carbonyl (C=O) groups is 1. The maximum atomic E-state index is 10.9. The molecule has 4 nitrogen and oxygen atoms in total. The first kappa shape index (κ1) is 14.7. The molecule has 0 atom stereocenters. The average molecular weight is 319 g/mol. The van der Waals surface area contributed by atoms with Crippen molar-refractivity contribution in [2.75, 3.05) is 0 Å². The van der Waals surface area contributed by atoms with Crippen LogP contribution in [-0.4, -0.2) is 11.4 Å². The zero-order valence-electron chi connectivity index (χ0n) is 13.4. The molecule has 0 bridgehead atoms. The third-order valence-corrected chi connectivity index (χ3v) is 4.31.